The predicted molar refractivity (Wildman–Crippen MR) is 138 cm³/mol. The second-order valence-corrected chi connectivity index (χ2v) is 11.0. The van der Waals surface area contributed by atoms with Crippen molar-refractivity contribution in [3.63, 3.8) is 0 Å². The number of benzodiazepines with no additional fused rings is 1. The Hall–Kier alpha value is -2.21. The number of para-hydroxylation sites is 1. The van der Waals surface area contributed by atoms with Crippen LogP contribution in [0.2, 0.25) is 0 Å². The predicted octanol–water partition coefficient (Wildman–Crippen LogP) is 5.08. The van der Waals surface area contributed by atoms with Gasteiger partial charge in [-0.3, -0.25) is 14.6 Å². The van der Waals surface area contributed by atoms with Crippen molar-refractivity contribution in [1.82, 2.24) is 5.32 Å². The van der Waals surface area contributed by atoms with Crippen LogP contribution >= 0.6 is 0 Å². The maximum Gasteiger partial charge on any atom is 0.272 e. The van der Waals surface area contributed by atoms with Crippen molar-refractivity contribution in [1.29, 1.82) is 0 Å². The highest BCUT2D eigenvalue weighted by Crippen LogP contribution is 2.37. The molecule has 1 aliphatic carbocycles. The van der Waals surface area contributed by atoms with Gasteiger partial charge in [-0.2, -0.15) is 0 Å². The Kier molecular flexibility index (Phi) is 8.91. The number of aliphatic hydroxyl groups excluding tert-OH is 1. The third-order valence-electron chi connectivity index (χ3n) is 6.87. The molecule has 2 N–H and O–H groups in total. The lowest BCUT2D eigenvalue weighted by molar-refractivity contribution is -0.133. The third kappa shape index (κ3) is 6.47. The minimum atomic E-state index is -0.994. The molecule has 188 valence electrons. The molecule has 0 radical (unpaired) electrons. The molecule has 0 saturated heterocycles. The van der Waals surface area contributed by atoms with E-state index in [0.29, 0.717) is 25.3 Å². The highest BCUT2D eigenvalue weighted by Gasteiger charge is 2.39. The Labute approximate surface area is 205 Å². The summed E-state index contributed by atoms with van der Waals surface area (Å²) >= 11 is 0. The number of aliphatic hydroxyl groups is 1. The van der Waals surface area contributed by atoms with Gasteiger partial charge >= 0.3 is 0 Å². The average Bonchev–Trinajstić information content (AvgIpc) is 3.62. The number of hydrogen-bond acceptors (Lipinski definition) is 4. The molecule has 6 nitrogen and oxygen atoms in total. The van der Waals surface area contributed by atoms with E-state index in [1.807, 2.05) is 24.3 Å². The summed E-state index contributed by atoms with van der Waals surface area (Å²) in [6, 6.07) is 7.90. The Morgan fingerprint density at radius 1 is 1.18 bits per heavy atom. The molecule has 1 fully saturated rings. The second-order valence-electron chi connectivity index (χ2n) is 11.0. The van der Waals surface area contributed by atoms with Crippen LogP contribution in [-0.2, 0) is 9.59 Å². The second kappa shape index (κ2) is 11.5. The van der Waals surface area contributed by atoms with Gasteiger partial charge in [0.05, 0.1) is 23.4 Å². The Morgan fingerprint density at radius 3 is 2.47 bits per heavy atom. The summed E-state index contributed by atoms with van der Waals surface area (Å²) in [7, 11) is 0. The van der Waals surface area contributed by atoms with Crippen molar-refractivity contribution < 1.29 is 14.7 Å². The summed E-state index contributed by atoms with van der Waals surface area (Å²) in [4.78, 5) is 33.9. The molecule has 3 rings (SSSR count). The Balaban J connectivity index is 1.94. The third-order valence-corrected chi connectivity index (χ3v) is 6.87. The molecule has 0 spiro atoms. The zero-order chi connectivity index (χ0) is 24.9. The molecule has 1 aromatic rings. The Morgan fingerprint density at radius 2 is 1.85 bits per heavy atom. The maximum absolute atomic E-state index is 13.8. The number of carbonyl (C=O) groups is 2. The zero-order valence-electron chi connectivity index (χ0n) is 21.6. The van der Waals surface area contributed by atoms with Crippen LogP contribution in [0, 0.1) is 17.3 Å². The van der Waals surface area contributed by atoms with E-state index in [1.165, 1.54) is 0 Å². The van der Waals surface area contributed by atoms with Crippen LogP contribution in [0.15, 0.2) is 29.3 Å². The van der Waals surface area contributed by atoms with E-state index >= 15 is 0 Å². The maximum atomic E-state index is 13.8. The van der Waals surface area contributed by atoms with Crippen LogP contribution < -0.4 is 10.2 Å². The van der Waals surface area contributed by atoms with Gasteiger partial charge in [0, 0.05) is 17.5 Å². The molecule has 1 unspecified atom stereocenters. The fourth-order valence-electron chi connectivity index (χ4n) is 4.68. The molecule has 2 aliphatic rings. The molecule has 1 aliphatic heterocycles. The molecule has 1 aromatic carbocycles. The van der Waals surface area contributed by atoms with E-state index in [1.54, 1.807) is 4.90 Å². The van der Waals surface area contributed by atoms with E-state index in [9.17, 15) is 14.7 Å². The van der Waals surface area contributed by atoms with Crippen molar-refractivity contribution in [2.45, 2.75) is 98.3 Å². The zero-order valence-corrected chi connectivity index (χ0v) is 21.6. The smallest absolute Gasteiger partial charge is 0.272 e. The number of fused-ring (bicyclic) bond motifs is 1. The summed E-state index contributed by atoms with van der Waals surface area (Å²) in [5, 5.41) is 13.8. The summed E-state index contributed by atoms with van der Waals surface area (Å²) in [6.07, 6.45) is 5.49. The molecule has 1 saturated carbocycles. The normalized spacial score (nSPS) is 20.3. The first kappa shape index (κ1) is 26.4. The monoisotopic (exact) mass is 469 g/mol. The molecular formula is C28H43N3O3. The number of nitrogens with one attached hydrogen (secondary N) is 1. The van der Waals surface area contributed by atoms with E-state index in [2.05, 4.69) is 39.9 Å². The fraction of sp³-hybridized carbons (Fsp3) is 0.679. The van der Waals surface area contributed by atoms with Gasteiger partial charge in [-0.1, -0.05) is 84.9 Å². The lowest BCUT2D eigenvalue weighted by Gasteiger charge is -2.27. The minimum Gasteiger partial charge on any atom is -0.392 e. The van der Waals surface area contributed by atoms with Crippen LogP contribution in [0.1, 0.15) is 91.5 Å². The number of amides is 2. The number of aliphatic imine (C=N–C) groups is 1. The number of rotatable bonds is 11. The summed E-state index contributed by atoms with van der Waals surface area (Å²) in [5.74, 6) is -0.473. The van der Waals surface area contributed by atoms with Gasteiger partial charge in [-0.15, -0.1) is 0 Å². The fourth-order valence-corrected chi connectivity index (χ4v) is 4.68. The molecule has 2 amide bonds. The molecule has 3 atom stereocenters. The Bertz CT molecular complexity index is 885. The van der Waals surface area contributed by atoms with Gasteiger partial charge < -0.3 is 15.3 Å². The highest BCUT2D eigenvalue weighted by atomic mass is 16.3. The van der Waals surface area contributed by atoms with Crippen molar-refractivity contribution in [3.05, 3.63) is 29.8 Å². The minimum absolute atomic E-state index is 0.207. The molecule has 1 heterocycles. The molecule has 34 heavy (non-hydrogen) atoms. The molecule has 0 bridgehead atoms. The molecular weight excluding hydrogens is 426 g/mol. The van der Waals surface area contributed by atoms with Crippen LogP contribution in [0.5, 0.6) is 0 Å². The van der Waals surface area contributed by atoms with Crippen LogP contribution in [0.25, 0.3) is 0 Å². The quantitative estimate of drug-likeness (QED) is 0.474. The number of carbonyl (C=O) groups excluding carboxylic acids is 2. The standard InChI is InChI=1S/C28H43N3O3/c1-6-8-14-23(32)21(18-19-15-16-19)26(33)30-25-27(34)31(17-9-7-2)22-13-11-10-12-20(22)24(29-25)28(3,4)5/h10-13,19,21,23,25,32H,6-9,14-18H2,1-5H3,(H,30,33)/t21-,23+,25?/m1/s1. The number of unbranched alkanes of at least 4 members (excludes halogenated alkanes) is 2. The first-order valence-electron chi connectivity index (χ1n) is 13.1. The van der Waals surface area contributed by atoms with Crippen LogP contribution in [0.4, 0.5) is 5.69 Å². The summed E-state index contributed by atoms with van der Waals surface area (Å²) in [6.45, 7) is 11.0. The van der Waals surface area contributed by atoms with Crippen molar-refractivity contribution >= 4 is 23.2 Å². The lowest BCUT2D eigenvalue weighted by atomic mass is 9.84. The van der Waals surface area contributed by atoms with Gasteiger partial charge in [0.25, 0.3) is 5.91 Å². The summed E-state index contributed by atoms with van der Waals surface area (Å²) < 4.78 is 0. The average molecular weight is 470 g/mol. The van der Waals surface area contributed by atoms with Crippen LogP contribution in [0.3, 0.4) is 0 Å². The number of benzene rings is 1. The number of anilines is 1. The van der Waals surface area contributed by atoms with Crippen molar-refractivity contribution in [2.24, 2.45) is 22.2 Å². The number of hydrogen-bond donors (Lipinski definition) is 2. The number of nitrogens with zero attached hydrogens (tertiary/aromatic N) is 2. The van der Waals surface area contributed by atoms with E-state index < -0.39 is 18.2 Å². The van der Waals surface area contributed by atoms with E-state index in [-0.39, 0.29) is 17.2 Å². The largest absolute Gasteiger partial charge is 0.392 e. The van der Waals surface area contributed by atoms with Gasteiger partial charge in [0.15, 0.2) is 0 Å². The van der Waals surface area contributed by atoms with Crippen molar-refractivity contribution in [2.75, 3.05) is 11.4 Å². The van der Waals surface area contributed by atoms with E-state index in [4.69, 9.17) is 4.99 Å². The summed E-state index contributed by atoms with van der Waals surface area (Å²) in [5.41, 5.74) is 2.29. The van der Waals surface area contributed by atoms with Gasteiger partial charge in [0.2, 0.25) is 12.1 Å². The lowest BCUT2D eigenvalue weighted by Crippen LogP contribution is -2.50. The van der Waals surface area contributed by atoms with E-state index in [0.717, 1.165) is 55.5 Å². The highest BCUT2D eigenvalue weighted by molar-refractivity contribution is 6.15. The first-order chi connectivity index (χ1) is 16.2. The van der Waals surface area contributed by atoms with Crippen LogP contribution in [-0.4, -0.2) is 41.4 Å². The topological polar surface area (TPSA) is 82.0 Å². The van der Waals surface area contributed by atoms with Gasteiger partial charge in [-0.25, -0.2) is 0 Å². The SMILES string of the molecule is CCCC[C@H](O)[C@@H](CC1CC1)C(=O)NC1N=C(C(C)(C)C)c2ccccc2N(CCCC)C1=O. The van der Waals surface area contributed by atoms with Crippen molar-refractivity contribution in [3.8, 4) is 0 Å². The molecule has 6 heteroatoms. The van der Waals surface area contributed by atoms with Gasteiger partial charge in [-0.05, 0) is 31.2 Å². The van der Waals surface area contributed by atoms with Gasteiger partial charge in [0.1, 0.15) is 0 Å². The molecule has 0 aromatic heterocycles. The first-order valence-corrected chi connectivity index (χ1v) is 13.1.